The first-order valence-corrected chi connectivity index (χ1v) is 8.27. The van der Waals surface area contributed by atoms with Crippen molar-refractivity contribution in [2.75, 3.05) is 0 Å². The van der Waals surface area contributed by atoms with Gasteiger partial charge >= 0.3 is 5.97 Å². The van der Waals surface area contributed by atoms with Gasteiger partial charge in [0.2, 0.25) is 0 Å². The van der Waals surface area contributed by atoms with Crippen LogP contribution in [0.4, 0.5) is 0 Å². The summed E-state index contributed by atoms with van der Waals surface area (Å²) in [5.74, 6) is -0.346. The molecule has 1 N–H and O–H groups in total. The Morgan fingerprint density at radius 2 is 2.16 bits per heavy atom. The second-order valence-electron chi connectivity index (χ2n) is 5.55. The molecule has 0 amide bonds. The molecule has 2 saturated heterocycles. The van der Waals surface area contributed by atoms with Crippen molar-refractivity contribution in [2.24, 2.45) is 5.92 Å². The number of rotatable bonds is 2. The molecule has 3 rings (SSSR count). The second kappa shape index (κ2) is 5.74. The Hall–Kier alpha value is -0.0700. The van der Waals surface area contributed by atoms with Gasteiger partial charge in [0.05, 0.1) is 5.92 Å². The van der Waals surface area contributed by atoms with Gasteiger partial charge in [-0.15, -0.1) is 0 Å². The molecule has 19 heavy (non-hydrogen) atoms. The van der Waals surface area contributed by atoms with Gasteiger partial charge in [-0.2, -0.15) is 0 Å². The van der Waals surface area contributed by atoms with Crippen LogP contribution < -0.4 is 5.32 Å². The normalized spacial score (nSPS) is 37.6. The molecule has 2 heterocycles. The Labute approximate surface area is 131 Å². The molecule has 104 valence electrons. The van der Waals surface area contributed by atoms with Gasteiger partial charge in [0.1, 0.15) is 6.10 Å². The number of carbonyl (C=O) groups excluding carboxylic acids is 1. The van der Waals surface area contributed by atoms with Crippen LogP contribution in [0.25, 0.3) is 0 Å². The minimum absolute atomic E-state index is 0.0435. The summed E-state index contributed by atoms with van der Waals surface area (Å²) in [4.78, 5) is 12.2. The number of fused-ring (bicyclic) bond motifs is 2. The lowest BCUT2D eigenvalue weighted by atomic mass is 9.99. The molecule has 3 nitrogen and oxygen atoms in total. The Morgan fingerprint density at radius 3 is 2.95 bits per heavy atom. The molecule has 4 atom stereocenters. The highest BCUT2D eigenvalue weighted by Gasteiger charge is 2.38. The van der Waals surface area contributed by atoms with E-state index in [1.54, 1.807) is 6.08 Å². The third kappa shape index (κ3) is 3.16. The fraction of sp³-hybridized carbons (Fsp3) is 0.643. The van der Waals surface area contributed by atoms with Gasteiger partial charge in [-0.1, -0.05) is 17.7 Å². The van der Waals surface area contributed by atoms with Crippen LogP contribution in [-0.2, 0) is 9.53 Å². The van der Waals surface area contributed by atoms with E-state index >= 15 is 0 Å². The standard InChI is InChI=1S/C14H17ClINO2/c15-9-5-8(6-10(16)7-9)14(18)19-13-4-2-11-1-3-12(13)17-11/h5,7-8,11-13,17H,1-4,6H2. The maximum Gasteiger partial charge on any atom is 0.313 e. The van der Waals surface area contributed by atoms with E-state index in [-0.39, 0.29) is 18.0 Å². The first kappa shape index (κ1) is 13.9. The first-order chi connectivity index (χ1) is 9.11. The zero-order valence-corrected chi connectivity index (χ0v) is 13.5. The number of hydrogen-bond acceptors (Lipinski definition) is 3. The SMILES string of the molecule is O=C(OC1CCC2CCC1N2)C1C=C(Cl)C=C(I)C1. The van der Waals surface area contributed by atoms with Crippen molar-refractivity contribution >= 4 is 40.2 Å². The minimum Gasteiger partial charge on any atom is -0.460 e. The van der Waals surface area contributed by atoms with Gasteiger partial charge in [0.15, 0.2) is 0 Å². The average molecular weight is 394 g/mol. The molecule has 0 radical (unpaired) electrons. The van der Waals surface area contributed by atoms with Crippen LogP contribution in [-0.4, -0.2) is 24.2 Å². The number of halogens is 2. The lowest BCUT2D eigenvalue weighted by molar-refractivity contribution is -0.154. The van der Waals surface area contributed by atoms with Crippen molar-refractivity contribution in [3.8, 4) is 0 Å². The van der Waals surface area contributed by atoms with E-state index in [0.717, 1.165) is 22.8 Å². The second-order valence-corrected chi connectivity index (χ2v) is 7.38. The highest BCUT2D eigenvalue weighted by atomic mass is 127. The van der Waals surface area contributed by atoms with E-state index in [4.69, 9.17) is 16.3 Å². The Balaban J connectivity index is 1.61. The molecule has 0 aromatic rings. The van der Waals surface area contributed by atoms with Crippen molar-refractivity contribution in [3.05, 3.63) is 20.8 Å². The van der Waals surface area contributed by atoms with E-state index in [2.05, 4.69) is 27.9 Å². The smallest absolute Gasteiger partial charge is 0.313 e. The van der Waals surface area contributed by atoms with Crippen LogP contribution in [0.3, 0.4) is 0 Å². The van der Waals surface area contributed by atoms with Crippen molar-refractivity contribution in [3.63, 3.8) is 0 Å². The predicted molar refractivity (Wildman–Crippen MR) is 83.2 cm³/mol. The lowest BCUT2D eigenvalue weighted by Crippen LogP contribution is -2.46. The number of carbonyl (C=O) groups is 1. The number of allylic oxidation sites excluding steroid dienone is 3. The summed E-state index contributed by atoms with van der Waals surface area (Å²) in [5, 5.41) is 4.17. The Bertz CT molecular complexity index is 449. The van der Waals surface area contributed by atoms with Crippen LogP contribution in [0.1, 0.15) is 32.1 Å². The summed E-state index contributed by atoms with van der Waals surface area (Å²) in [6.07, 6.45) is 8.91. The highest BCUT2D eigenvalue weighted by molar-refractivity contribution is 14.1. The molecule has 0 saturated carbocycles. The summed E-state index contributed by atoms with van der Waals surface area (Å²) in [5.41, 5.74) is 0. The van der Waals surface area contributed by atoms with Gasteiger partial charge in [0, 0.05) is 17.1 Å². The quantitative estimate of drug-likeness (QED) is 0.578. The highest BCUT2D eigenvalue weighted by Crippen LogP contribution is 2.32. The van der Waals surface area contributed by atoms with Gasteiger partial charge < -0.3 is 10.1 Å². The third-order valence-corrected chi connectivity index (χ3v) is 5.15. The average Bonchev–Trinajstić information content (AvgIpc) is 2.74. The summed E-state index contributed by atoms with van der Waals surface area (Å²) in [7, 11) is 0. The van der Waals surface area contributed by atoms with Crippen LogP contribution in [0.15, 0.2) is 20.8 Å². The van der Waals surface area contributed by atoms with Gasteiger partial charge in [-0.3, -0.25) is 4.79 Å². The predicted octanol–water partition coefficient (Wildman–Crippen LogP) is 3.27. The van der Waals surface area contributed by atoms with Gasteiger partial charge in [-0.05, 0) is 64.4 Å². The molecule has 0 spiro atoms. The lowest BCUT2D eigenvalue weighted by Gasteiger charge is -2.31. The van der Waals surface area contributed by atoms with Crippen molar-refractivity contribution in [1.82, 2.24) is 5.32 Å². The Kier molecular flexibility index (Phi) is 4.19. The maximum absolute atomic E-state index is 12.2. The topological polar surface area (TPSA) is 38.3 Å². The number of ether oxygens (including phenoxy) is 1. The monoisotopic (exact) mass is 393 g/mol. The molecule has 5 heteroatoms. The molecule has 2 fully saturated rings. The molecular weight excluding hydrogens is 377 g/mol. The van der Waals surface area contributed by atoms with E-state index in [9.17, 15) is 4.79 Å². The summed E-state index contributed by atoms with van der Waals surface area (Å²) in [6, 6.07) is 1.01. The first-order valence-electron chi connectivity index (χ1n) is 6.82. The molecule has 0 aromatic heterocycles. The van der Waals surface area contributed by atoms with Crippen molar-refractivity contribution < 1.29 is 9.53 Å². The molecule has 2 bridgehead atoms. The van der Waals surface area contributed by atoms with Crippen LogP contribution in [0.2, 0.25) is 0 Å². The molecule has 3 aliphatic rings. The summed E-state index contributed by atoms with van der Waals surface area (Å²) < 4.78 is 6.83. The van der Waals surface area contributed by atoms with E-state index in [1.165, 1.54) is 6.42 Å². The summed E-state index contributed by atoms with van der Waals surface area (Å²) in [6.45, 7) is 0. The fourth-order valence-electron chi connectivity index (χ4n) is 3.18. The number of hydrogen-bond donors (Lipinski definition) is 1. The number of esters is 1. The van der Waals surface area contributed by atoms with Crippen molar-refractivity contribution in [1.29, 1.82) is 0 Å². The number of piperidine rings is 1. The molecule has 1 aliphatic carbocycles. The van der Waals surface area contributed by atoms with Crippen LogP contribution >= 0.6 is 34.2 Å². The molecular formula is C14H17ClINO2. The van der Waals surface area contributed by atoms with Gasteiger partial charge in [-0.25, -0.2) is 0 Å². The molecule has 0 aromatic carbocycles. The number of nitrogens with one attached hydrogen (secondary N) is 1. The zero-order valence-electron chi connectivity index (χ0n) is 10.6. The van der Waals surface area contributed by atoms with Gasteiger partial charge in [0.25, 0.3) is 0 Å². The largest absolute Gasteiger partial charge is 0.460 e. The molecule has 2 aliphatic heterocycles. The van der Waals surface area contributed by atoms with Crippen LogP contribution in [0.5, 0.6) is 0 Å². The Morgan fingerprint density at radius 1 is 1.37 bits per heavy atom. The zero-order chi connectivity index (χ0) is 13.4. The van der Waals surface area contributed by atoms with Crippen LogP contribution in [0, 0.1) is 5.92 Å². The van der Waals surface area contributed by atoms with E-state index < -0.39 is 0 Å². The minimum atomic E-state index is -0.219. The van der Waals surface area contributed by atoms with E-state index in [1.807, 2.05) is 6.08 Å². The molecule has 4 unspecified atom stereocenters. The maximum atomic E-state index is 12.2. The summed E-state index contributed by atoms with van der Waals surface area (Å²) >= 11 is 8.24. The van der Waals surface area contributed by atoms with E-state index in [0.29, 0.717) is 23.5 Å². The van der Waals surface area contributed by atoms with Crippen molar-refractivity contribution in [2.45, 2.75) is 50.3 Å². The third-order valence-electron chi connectivity index (χ3n) is 4.16. The fourth-order valence-corrected chi connectivity index (χ4v) is 4.46.